The van der Waals surface area contributed by atoms with Gasteiger partial charge in [-0.25, -0.2) is 0 Å². The molecule has 2 amide bonds. The summed E-state index contributed by atoms with van der Waals surface area (Å²) in [6, 6.07) is 6.89. The Hall–Kier alpha value is -2.81. The lowest BCUT2D eigenvalue weighted by Gasteiger charge is -2.09. The maximum atomic E-state index is 12.2. The summed E-state index contributed by atoms with van der Waals surface area (Å²) < 4.78 is 1.67. The molecule has 3 rings (SSSR count). The zero-order chi connectivity index (χ0) is 17.1. The second kappa shape index (κ2) is 6.75. The molecule has 0 unspecified atom stereocenters. The summed E-state index contributed by atoms with van der Waals surface area (Å²) in [6.07, 6.45) is 0.770. The molecule has 2 heterocycles. The lowest BCUT2D eigenvalue weighted by Crippen LogP contribution is -2.21. The van der Waals surface area contributed by atoms with E-state index < -0.39 is 0 Å². The number of carbonyl (C=O) groups excluding carboxylic acids is 2. The van der Waals surface area contributed by atoms with Crippen LogP contribution in [0, 0.1) is 6.92 Å². The smallest absolute Gasteiger partial charge is 0.253 e. The maximum absolute atomic E-state index is 12.2. The van der Waals surface area contributed by atoms with Crippen LogP contribution in [0.2, 0.25) is 0 Å². The molecule has 0 aliphatic rings. The summed E-state index contributed by atoms with van der Waals surface area (Å²) in [5.74, 6) is 0.306. The Kier molecular flexibility index (Phi) is 4.52. The highest BCUT2D eigenvalue weighted by Gasteiger charge is 2.13. The minimum absolute atomic E-state index is 0.172. The SMILES string of the molecule is CNC(=O)c1ccccc1NC(=O)CCc1nn2c(C)nnc2s1. The van der Waals surface area contributed by atoms with Crippen LogP contribution < -0.4 is 10.6 Å². The number of para-hydroxylation sites is 1. The van der Waals surface area contributed by atoms with E-state index in [1.807, 2.05) is 6.92 Å². The normalized spacial score (nSPS) is 10.8. The molecule has 0 aliphatic heterocycles. The number of aromatic nitrogens is 4. The summed E-state index contributed by atoms with van der Waals surface area (Å²) in [6.45, 7) is 1.83. The van der Waals surface area contributed by atoms with Gasteiger partial charge in [0.25, 0.3) is 5.91 Å². The molecule has 0 radical (unpaired) electrons. The molecule has 2 aromatic heterocycles. The van der Waals surface area contributed by atoms with Gasteiger partial charge in [-0.15, -0.1) is 10.2 Å². The standard InChI is InChI=1S/C15H16N6O2S/c1-9-18-19-15-21(9)20-13(24-15)8-7-12(22)17-11-6-4-3-5-10(11)14(23)16-2/h3-6H,7-8H2,1-2H3,(H,16,23)(H,17,22). The first-order chi connectivity index (χ1) is 11.6. The molecule has 2 N–H and O–H groups in total. The number of benzene rings is 1. The van der Waals surface area contributed by atoms with Crippen LogP contribution in [0.4, 0.5) is 5.69 Å². The van der Waals surface area contributed by atoms with Crippen LogP contribution in [0.15, 0.2) is 24.3 Å². The van der Waals surface area contributed by atoms with Crippen molar-refractivity contribution >= 4 is 33.8 Å². The molecule has 24 heavy (non-hydrogen) atoms. The highest BCUT2D eigenvalue weighted by molar-refractivity contribution is 7.16. The molecule has 124 valence electrons. The van der Waals surface area contributed by atoms with Crippen LogP contribution in [0.3, 0.4) is 0 Å². The Labute approximate surface area is 141 Å². The van der Waals surface area contributed by atoms with E-state index in [1.54, 1.807) is 35.8 Å². The lowest BCUT2D eigenvalue weighted by atomic mass is 10.1. The Bertz CT molecular complexity index is 900. The Morgan fingerprint density at radius 3 is 2.79 bits per heavy atom. The summed E-state index contributed by atoms with van der Waals surface area (Å²) >= 11 is 1.41. The minimum atomic E-state index is -0.241. The van der Waals surface area contributed by atoms with Crippen molar-refractivity contribution in [3.05, 3.63) is 40.7 Å². The Morgan fingerprint density at radius 2 is 2.04 bits per heavy atom. The van der Waals surface area contributed by atoms with Crippen molar-refractivity contribution in [3.8, 4) is 0 Å². The predicted octanol–water partition coefficient (Wildman–Crippen LogP) is 1.43. The number of nitrogens with one attached hydrogen (secondary N) is 2. The molecule has 0 atom stereocenters. The van der Waals surface area contributed by atoms with E-state index in [9.17, 15) is 9.59 Å². The molecule has 0 bridgehead atoms. The van der Waals surface area contributed by atoms with Gasteiger partial charge in [-0.3, -0.25) is 9.59 Å². The number of anilines is 1. The van der Waals surface area contributed by atoms with Gasteiger partial charge in [-0.1, -0.05) is 23.5 Å². The first-order valence-corrected chi connectivity index (χ1v) is 8.19. The Balaban J connectivity index is 1.64. The van der Waals surface area contributed by atoms with Gasteiger partial charge < -0.3 is 10.6 Å². The van der Waals surface area contributed by atoms with Crippen molar-refractivity contribution in [2.24, 2.45) is 0 Å². The number of aryl methyl sites for hydroxylation is 2. The van der Waals surface area contributed by atoms with Crippen LogP contribution in [-0.2, 0) is 11.2 Å². The number of hydrogen-bond acceptors (Lipinski definition) is 6. The largest absolute Gasteiger partial charge is 0.355 e. The van der Waals surface area contributed by atoms with Gasteiger partial charge in [0.1, 0.15) is 5.01 Å². The summed E-state index contributed by atoms with van der Waals surface area (Å²) in [5.41, 5.74) is 0.929. The van der Waals surface area contributed by atoms with E-state index in [4.69, 9.17) is 0 Å². The van der Waals surface area contributed by atoms with Crippen LogP contribution in [0.25, 0.3) is 4.96 Å². The number of rotatable bonds is 5. The van der Waals surface area contributed by atoms with Crippen LogP contribution in [0.5, 0.6) is 0 Å². The zero-order valence-corrected chi connectivity index (χ0v) is 14.1. The average molecular weight is 344 g/mol. The molecule has 8 nitrogen and oxygen atoms in total. The number of fused-ring (bicyclic) bond motifs is 1. The van der Waals surface area contributed by atoms with Gasteiger partial charge in [0.05, 0.1) is 11.3 Å². The fraction of sp³-hybridized carbons (Fsp3) is 0.267. The van der Waals surface area contributed by atoms with E-state index >= 15 is 0 Å². The lowest BCUT2D eigenvalue weighted by molar-refractivity contribution is -0.116. The van der Waals surface area contributed by atoms with Crippen molar-refractivity contribution < 1.29 is 9.59 Å². The number of hydrogen-bond donors (Lipinski definition) is 2. The Morgan fingerprint density at radius 1 is 1.25 bits per heavy atom. The first-order valence-electron chi connectivity index (χ1n) is 7.37. The van der Waals surface area contributed by atoms with E-state index in [-0.39, 0.29) is 18.2 Å². The molecule has 3 aromatic rings. The van der Waals surface area contributed by atoms with Crippen molar-refractivity contribution in [2.75, 3.05) is 12.4 Å². The predicted molar refractivity (Wildman–Crippen MR) is 90.2 cm³/mol. The van der Waals surface area contributed by atoms with E-state index in [0.29, 0.717) is 22.6 Å². The molecule has 9 heteroatoms. The minimum Gasteiger partial charge on any atom is -0.355 e. The second-order valence-corrected chi connectivity index (χ2v) is 6.15. The van der Waals surface area contributed by atoms with Gasteiger partial charge in [0, 0.05) is 19.9 Å². The van der Waals surface area contributed by atoms with E-state index in [1.165, 1.54) is 11.3 Å². The zero-order valence-electron chi connectivity index (χ0n) is 13.2. The third kappa shape index (κ3) is 3.25. The van der Waals surface area contributed by atoms with Gasteiger partial charge in [0.2, 0.25) is 10.9 Å². The monoisotopic (exact) mass is 344 g/mol. The topological polar surface area (TPSA) is 101 Å². The van der Waals surface area contributed by atoms with Crippen molar-refractivity contribution in [3.63, 3.8) is 0 Å². The molecular formula is C15H16N6O2S. The van der Waals surface area contributed by atoms with Gasteiger partial charge >= 0.3 is 0 Å². The van der Waals surface area contributed by atoms with Crippen molar-refractivity contribution in [1.29, 1.82) is 0 Å². The van der Waals surface area contributed by atoms with E-state index in [2.05, 4.69) is 25.9 Å². The highest BCUT2D eigenvalue weighted by Crippen LogP contribution is 2.17. The van der Waals surface area contributed by atoms with Gasteiger partial charge in [0.15, 0.2) is 5.82 Å². The highest BCUT2D eigenvalue weighted by atomic mass is 32.1. The van der Waals surface area contributed by atoms with Crippen molar-refractivity contribution in [1.82, 2.24) is 25.1 Å². The van der Waals surface area contributed by atoms with Gasteiger partial charge in [-0.2, -0.15) is 9.61 Å². The number of amides is 2. The molecular weight excluding hydrogens is 328 g/mol. The second-order valence-electron chi connectivity index (χ2n) is 5.11. The van der Waals surface area contributed by atoms with Crippen LogP contribution in [0.1, 0.15) is 27.6 Å². The molecule has 0 fully saturated rings. The van der Waals surface area contributed by atoms with E-state index in [0.717, 1.165) is 10.8 Å². The van der Waals surface area contributed by atoms with Gasteiger partial charge in [-0.05, 0) is 19.1 Å². The first kappa shape index (κ1) is 16.1. The molecule has 0 spiro atoms. The number of carbonyl (C=O) groups is 2. The average Bonchev–Trinajstić information content (AvgIpc) is 3.15. The fourth-order valence-electron chi connectivity index (χ4n) is 2.21. The fourth-order valence-corrected chi connectivity index (χ4v) is 3.09. The third-order valence-corrected chi connectivity index (χ3v) is 4.39. The van der Waals surface area contributed by atoms with Crippen LogP contribution >= 0.6 is 11.3 Å². The quantitative estimate of drug-likeness (QED) is 0.729. The molecule has 0 aliphatic carbocycles. The number of nitrogens with zero attached hydrogens (tertiary/aromatic N) is 4. The summed E-state index contributed by atoms with van der Waals surface area (Å²) in [5, 5.41) is 18.5. The molecule has 0 saturated heterocycles. The van der Waals surface area contributed by atoms with Crippen LogP contribution in [-0.4, -0.2) is 38.7 Å². The van der Waals surface area contributed by atoms with Crippen molar-refractivity contribution in [2.45, 2.75) is 19.8 Å². The third-order valence-electron chi connectivity index (χ3n) is 3.43. The molecule has 0 saturated carbocycles. The summed E-state index contributed by atoms with van der Waals surface area (Å²) in [4.78, 5) is 24.7. The summed E-state index contributed by atoms with van der Waals surface area (Å²) in [7, 11) is 1.55. The maximum Gasteiger partial charge on any atom is 0.253 e. The molecule has 1 aromatic carbocycles.